The summed E-state index contributed by atoms with van der Waals surface area (Å²) < 4.78 is 0.265. The molecule has 0 heterocycles. The van der Waals surface area contributed by atoms with Gasteiger partial charge in [-0.25, -0.2) is 0 Å². The Morgan fingerprint density at radius 3 is 2.36 bits per heavy atom. The van der Waals surface area contributed by atoms with Crippen LogP contribution < -0.4 is 0 Å². The summed E-state index contributed by atoms with van der Waals surface area (Å²) in [5.74, 6) is 0.312. The van der Waals surface area contributed by atoms with Crippen LogP contribution in [-0.2, 0) is 0 Å². The van der Waals surface area contributed by atoms with Gasteiger partial charge in [0.2, 0.25) is 0 Å². The highest BCUT2D eigenvalue weighted by atomic mass is 35.5. The van der Waals surface area contributed by atoms with Crippen LogP contribution in [0.2, 0.25) is 0 Å². The van der Waals surface area contributed by atoms with E-state index in [1.165, 1.54) is 0 Å². The lowest BCUT2D eigenvalue weighted by molar-refractivity contribution is 0.589. The van der Waals surface area contributed by atoms with Crippen molar-refractivity contribution in [1.29, 1.82) is 5.26 Å². The Morgan fingerprint density at radius 2 is 2.09 bits per heavy atom. The summed E-state index contributed by atoms with van der Waals surface area (Å²) in [6, 6.07) is 2.22. The van der Waals surface area contributed by atoms with Crippen LogP contribution >= 0.6 is 23.2 Å². The molecule has 1 nitrogen and oxygen atoms in total. The number of nitrogens with zero attached hydrogens (tertiary/aromatic N) is 1. The van der Waals surface area contributed by atoms with Crippen molar-refractivity contribution >= 4 is 23.2 Å². The molecule has 0 aromatic carbocycles. The van der Waals surface area contributed by atoms with E-state index in [0.717, 1.165) is 0 Å². The lowest BCUT2D eigenvalue weighted by Crippen LogP contribution is -1.87. The fourth-order valence-corrected chi connectivity index (χ4v) is 1.64. The molecule has 1 fully saturated rings. The summed E-state index contributed by atoms with van der Waals surface area (Å²) in [5.41, 5.74) is 0.0593. The zero-order chi connectivity index (χ0) is 8.65. The van der Waals surface area contributed by atoms with E-state index in [-0.39, 0.29) is 21.7 Å². The number of nitriles is 1. The second-order valence-electron chi connectivity index (χ2n) is 3.41. The van der Waals surface area contributed by atoms with Crippen LogP contribution in [0, 0.1) is 28.6 Å². The Hall–Kier alpha value is -0.190. The fourth-order valence-electron chi connectivity index (χ4n) is 1.37. The average Bonchev–Trinajstić information content (AvgIpc) is 2.33. The SMILES string of the molecule is CC1(C)[C@@H](C#N)[C@@H]1C=C(Cl)Cl. The number of allylic oxidation sites excluding steroid dienone is 1. The highest BCUT2D eigenvalue weighted by Gasteiger charge is 2.57. The van der Waals surface area contributed by atoms with Crippen LogP contribution in [0.1, 0.15) is 13.8 Å². The average molecular weight is 190 g/mol. The summed E-state index contributed by atoms with van der Waals surface area (Å²) in [4.78, 5) is 0. The Labute approximate surface area is 76.6 Å². The van der Waals surface area contributed by atoms with E-state index in [2.05, 4.69) is 6.07 Å². The summed E-state index contributed by atoms with van der Waals surface area (Å²) >= 11 is 11.0. The van der Waals surface area contributed by atoms with Gasteiger partial charge in [-0.05, 0) is 11.5 Å². The molecule has 0 N–H and O–H groups in total. The van der Waals surface area contributed by atoms with Crippen molar-refractivity contribution in [2.24, 2.45) is 17.3 Å². The molecule has 0 amide bonds. The highest BCUT2D eigenvalue weighted by molar-refractivity contribution is 6.55. The predicted octanol–water partition coefficient (Wildman–Crippen LogP) is 3.10. The molecule has 3 heteroatoms. The van der Waals surface area contributed by atoms with E-state index in [1.807, 2.05) is 13.8 Å². The van der Waals surface area contributed by atoms with E-state index in [0.29, 0.717) is 0 Å². The highest BCUT2D eigenvalue weighted by Crippen LogP contribution is 2.59. The van der Waals surface area contributed by atoms with Crippen molar-refractivity contribution in [2.75, 3.05) is 0 Å². The van der Waals surface area contributed by atoms with Crippen LogP contribution in [0.5, 0.6) is 0 Å². The molecule has 0 saturated heterocycles. The van der Waals surface area contributed by atoms with Crippen molar-refractivity contribution in [1.82, 2.24) is 0 Å². The first-order chi connectivity index (χ1) is 5.00. The van der Waals surface area contributed by atoms with Gasteiger partial charge in [-0.3, -0.25) is 0 Å². The number of rotatable bonds is 1. The van der Waals surface area contributed by atoms with Crippen molar-refractivity contribution in [3.63, 3.8) is 0 Å². The van der Waals surface area contributed by atoms with Crippen LogP contribution in [0.15, 0.2) is 10.6 Å². The monoisotopic (exact) mass is 189 g/mol. The van der Waals surface area contributed by atoms with Gasteiger partial charge >= 0.3 is 0 Å². The normalized spacial score (nSPS) is 32.3. The van der Waals surface area contributed by atoms with Crippen molar-refractivity contribution in [2.45, 2.75) is 13.8 Å². The number of hydrogen-bond acceptors (Lipinski definition) is 1. The molecular formula is C8H9Cl2N. The lowest BCUT2D eigenvalue weighted by Gasteiger charge is -1.94. The van der Waals surface area contributed by atoms with E-state index in [1.54, 1.807) is 6.08 Å². The van der Waals surface area contributed by atoms with E-state index in [4.69, 9.17) is 28.5 Å². The molecule has 0 aromatic rings. The van der Waals surface area contributed by atoms with E-state index in [9.17, 15) is 0 Å². The molecule has 11 heavy (non-hydrogen) atoms. The molecule has 1 aliphatic rings. The summed E-state index contributed by atoms with van der Waals surface area (Å²) in [6.45, 7) is 4.08. The van der Waals surface area contributed by atoms with Gasteiger partial charge in [-0.1, -0.05) is 37.0 Å². The van der Waals surface area contributed by atoms with Gasteiger partial charge in [0.1, 0.15) is 4.49 Å². The largest absolute Gasteiger partial charge is 0.198 e. The first-order valence-electron chi connectivity index (χ1n) is 3.42. The van der Waals surface area contributed by atoms with Gasteiger partial charge in [0.25, 0.3) is 0 Å². The van der Waals surface area contributed by atoms with Gasteiger partial charge in [-0.15, -0.1) is 0 Å². The second kappa shape index (κ2) is 2.69. The molecule has 0 aromatic heterocycles. The topological polar surface area (TPSA) is 23.8 Å². The third-order valence-corrected chi connectivity index (χ3v) is 2.61. The molecule has 0 unspecified atom stereocenters. The smallest absolute Gasteiger partial charge is 0.103 e. The zero-order valence-electron chi connectivity index (χ0n) is 6.44. The molecule has 0 spiro atoms. The minimum atomic E-state index is 0.0593. The Balaban J connectivity index is 2.69. The van der Waals surface area contributed by atoms with Crippen LogP contribution in [0.4, 0.5) is 0 Å². The minimum Gasteiger partial charge on any atom is -0.198 e. The van der Waals surface area contributed by atoms with Crippen molar-refractivity contribution in [3.8, 4) is 6.07 Å². The van der Waals surface area contributed by atoms with Gasteiger partial charge < -0.3 is 0 Å². The molecule has 0 bridgehead atoms. The molecule has 1 rings (SSSR count). The van der Waals surface area contributed by atoms with Crippen LogP contribution in [-0.4, -0.2) is 0 Å². The van der Waals surface area contributed by atoms with Gasteiger partial charge in [-0.2, -0.15) is 5.26 Å². The third kappa shape index (κ3) is 1.52. The van der Waals surface area contributed by atoms with Crippen LogP contribution in [0.25, 0.3) is 0 Å². The summed E-state index contributed by atoms with van der Waals surface area (Å²) in [7, 11) is 0. The summed E-state index contributed by atoms with van der Waals surface area (Å²) in [5, 5.41) is 8.66. The maximum absolute atomic E-state index is 8.66. The first kappa shape index (κ1) is 8.90. The predicted molar refractivity (Wildman–Crippen MR) is 46.2 cm³/mol. The number of hydrogen-bond donors (Lipinski definition) is 0. The lowest BCUT2D eigenvalue weighted by atomic mass is 10.1. The fraction of sp³-hybridized carbons (Fsp3) is 0.625. The Kier molecular flexibility index (Phi) is 2.18. The first-order valence-corrected chi connectivity index (χ1v) is 4.18. The third-order valence-electron chi connectivity index (χ3n) is 2.36. The minimum absolute atomic E-state index is 0.0593. The second-order valence-corrected chi connectivity index (χ2v) is 4.42. The van der Waals surface area contributed by atoms with E-state index >= 15 is 0 Å². The molecule has 60 valence electrons. The molecule has 1 saturated carbocycles. The van der Waals surface area contributed by atoms with Gasteiger partial charge in [0.15, 0.2) is 0 Å². The van der Waals surface area contributed by atoms with Crippen molar-refractivity contribution in [3.05, 3.63) is 10.6 Å². The maximum Gasteiger partial charge on any atom is 0.103 e. The number of halogens is 2. The molecule has 1 aliphatic carbocycles. The molecule has 2 atom stereocenters. The van der Waals surface area contributed by atoms with E-state index < -0.39 is 0 Å². The van der Waals surface area contributed by atoms with Crippen molar-refractivity contribution < 1.29 is 0 Å². The Bertz CT molecular complexity index is 233. The molecule has 0 aliphatic heterocycles. The molecule has 0 radical (unpaired) electrons. The molecular weight excluding hydrogens is 181 g/mol. The van der Waals surface area contributed by atoms with Gasteiger partial charge in [0, 0.05) is 5.92 Å². The summed E-state index contributed by atoms with van der Waals surface area (Å²) in [6.07, 6.45) is 1.75. The standard InChI is InChI=1S/C8H9Cl2N/c1-8(2)5(3-7(9)10)6(8)4-11/h3,5-6H,1-2H3/t5-,6-/m0/s1. The van der Waals surface area contributed by atoms with Gasteiger partial charge in [0.05, 0.1) is 12.0 Å². The quantitative estimate of drug-likeness (QED) is 0.623. The maximum atomic E-state index is 8.66. The van der Waals surface area contributed by atoms with Crippen LogP contribution in [0.3, 0.4) is 0 Å². The Morgan fingerprint density at radius 1 is 1.55 bits per heavy atom. The zero-order valence-corrected chi connectivity index (χ0v) is 7.95.